The Bertz CT molecular complexity index is 1180. The predicted octanol–water partition coefficient (Wildman–Crippen LogP) is 4.62. The number of aromatic nitrogens is 1. The molecule has 1 fully saturated rings. The molecule has 1 aliphatic carbocycles. The zero-order valence-electron chi connectivity index (χ0n) is 21.3. The number of aliphatic hydroxyl groups is 3. The third-order valence-corrected chi connectivity index (χ3v) is 8.51. The Hall–Kier alpha value is -2.13. The third kappa shape index (κ3) is 5.39. The van der Waals surface area contributed by atoms with Gasteiger partial charge in [-0.05, 0) is 73.1 Å². The molecule has 7 nitrogen and oxygen atoms in total. The number of ether oxygens (including phenoxy) is 2. The van der Waals surface area contributed by atoms with Crippen LogP contribution < -0.4 is 4.74 Å². The van der Waals surface area contributed by atoms with Crippen LogP contribution in [0.4, 0.5) is 0 Å². The van der Waals surface area contributed by atoms with Gasteiger partial charge in [-0.2, -0.15) is 0 Å². The van der Waals surface area contributed by atoms with Crippen LogP contribution >= 0.6 is 11.6 Å². The van der Waals surface area contributed by atoms with Crippen LogP contribution in [0.3, 0.4) is 0 Å². The SMILES string of the molecule is CCC(CO)(CO)COc1ccc([C@H]2c3[nH]c4ccc(Cl)cc4c3CCN2C(O)OCC2CCC2)cc1. The van der Waals surface area contributed by atoms with Gasteiger partial charge in [-0.1, -0.05) is 37.1 Å². The van der Waals surface area contributed by atoms with Crippen LogP contribution in [0.15, 0.2) is 42.5 Å². The second-order valence-corrected chi connectivity index (χ2v) is 11.0. The lowest BCUT2D eigenvalue weighted by Gasteiger charge is -2.39. The average Bonchev–Trinajstić information content (AvgIpc) is 3.26. The molecule has 4 N–H and O–H groups in total. The lowest BCUT2D eigenvalue weighted by atomic mass is 9.86. The summed E-state index contributed by atoms with van der Waals surface area (Å²) in [4.78, 5) is 5.60. The molecule has 0 saturated heterocycles. The van der Waals surface area contributed by atoms with Gasteiger partial charge in [0, 0.05) is 28.2 Å². The van der Waals surface area contributed by atoms with E-state index in [9.17, 15) is 15.3 Å². The Morgan fingerprint density at radius 2 is 1.89 bits per heavy atom. The molecule has 3 aromatic rings. The smallest absolute Gasteiger partial charge is 0.216 e. The highest BCUT2D eigenvalue weighted by molar-refractivity contribution is 6.31. The molecule has 1 aliphatic heterocycles. The summed E-state index contributed by atoms with van der Waals surface area (Å²) in [6.45, 7) is 3.10. The topological polar surface area (TPSA) is 98.2 Å². The molecule has 2 aliphatic rings. The molecular formula is C29H37ClN2O5. The number of nitrogens with one attached hydrogen (secondary N) is 1. The van der Waals surface area contributed by atoms with Crippen molar-refractivity contribution in [3.63, 3.8) is 0 Å². The molecule has 0 spiro atoms. The van der Waals surface area contributed by atoms with E-state index in [1.54, 1.807) is 0 Å². The van der Waals surface area contributed by atoms with Crippen molar-refractivity contribution >= 4 is 22.5 Å². The van der Waals surface area contributed by atoms with Gasteiger partial charge in [0.1, 0.15) is 5.75 Å². The minimum atomic E-state index is -1.01. The van der Waals surface area contributed by atoms with Gasteiger partial charge in [0.2, 0.25) is 6.41 Å². The fourth-order valence-corrected chi connectivity index (χ4v) is 5.47. The fraction of sp³-hybridized carbons (Fsp3) is 0.517. The van der Waals surface area contributed by atoms with Crippen molar-refractivity contribution in [3.05, 3.63) is 64.3 Å². The van der Waals surface area contributed by atoms with Crippen LogP contribution in [-0.2, 0) is 11.2 Å². The summed E-state index contributed by atoms with van der Waals surface area (Å²) in [5.74, 6) is 1.20. The molecule has 1 unspecified atom stereocenters. The monoisotopic (exact) mass is 528 g/mol. The Labute approximate surface area is 223 Å². The number of halogens is 1. The van der Waals surface area contributed by atoms with E-state index in [0.29, 0.717) is 36.3 Å². The molecular weight excluding hydrogens is 492 g/mol. The number of aliphatic hydroxyl groups excluding tert-OH is 3. The van der Waals surface area contributed by atoms with Crippen LogP contribution in [0.2, 0.25) is 5.02 Å². The number of hydrogen-bond donors (Lipinski definition) is 4. The van der Waals surface area contributed by atoms with E-state index in [4.69, 9.17) is 21.1 Å². The molecule has 2 atom stereocenters. The molecule has 37 heavy (non-hydrogen) atoms. The molecule has 5 rings (SSSR count). The van der Waals surface area contributed by atoms with Crippen molar-refractivity contribution in [1.29, 1.82) is 0 Å². The molecule has 2 heterocycles. The Kier molecular flexibility index (Phi) is 8.10. The number of fused-ring (bicyclic) bond motifs is 3. The summed E-state index contributed by atoms with van der Waals surface area (Å²) in [6.07, 6.45) is 3.94. The maximum Gasteiger partial charge on any atom is 0.216 e. The number of hydrogen-bond acceptors (Lipinski definition) is 6. The van der Waals surface area contributed by atoms with Crippen molar-refractivity contribution in [2.75, 3.05) is 33.0 Å². The van der Waals surface area contributed by atoms with Gasteiger partial charge in [-0.25, -0.2) is 4.90 Å². The highest BCUT2D eigenvalue weighted by atomic mass is 35.5. The molecule has 0 radical (unpaired) electrons. The summed E-state index contributed by atoms with van der Waals surface area (Å²) in [5, 5.41) is 32.4. The van der Waals surface area contributed by atoms with Gasteiger partial charge in [-0.15, -0.1) is 0 Å². The van der Waals surface area contributed by atoms with E-state index in [1.165, 1.54) is 12.0 Å². The first-order valence-electron chi connectivity index (χ1n) is 13.3. The maximum atomic E-state index is 11.1. The predicted molar refractivity (Wildman–Crippen MR) is 144 cm³/mol. The van der Waals surface area contributed by atoms with E-state index in [1.807, 2.05) is 54.3 Å². The Morgan fingerprint density at radius 3 is 2.54 bits per heavy atom. The largest absolute Gasteiger partial charge is 0.493 e. The zero-order valence-corrected chi connectivity index (χ0v) is 22.1. The summed E-state index contributed by atoms with van der Waals surface area (Å²) in [7, 11) is 0. The van der Waals surface area contributed by atoms with Crippen LogP contribution in [0, 0.1) is 11.3 Å². The van der Waals surface area contributed by atoms with Crippen LogP contribution in [0.5, 0.6) is 5.75 Å². The normalized spacial score (nSPS) is 19.5. The molecule has 1 saturated carbocycles. The molecule has 2 aromatic carbocycles. The van der Waals surface area contributed by atoms with Crippen molar-refractivity contribution < 1.29 is 24.8 Å². The number of benzene rings is 2. The minimum absolute atomic E-state index is 0.138. The molecule has 8 heteroatoms. The van der Waals surface area contributed by atoms with Gasteiger partial charge < -0.3 is 29.8 Å². The van der Waals surface area contributed by atoms with Crippen molar-refractivity contribution in [2.24, 2.45) is 11.3 Å². The second kappa shape index (κ2) is 11.3. The lowest BCUT2D eigenvalue weighted by molar-refractivity contribution is -0.213. The van der Waals surface area contributed by atoms with Gasteiger partial charge in [0.15, 0.2) is 0 Å². The van der Waals surface area contributed by atoms with Gasteiger partial charge >= 0.3 is 0 Å². The van der Waals surface area contributed by atoms with Crippen molar-refractivity contribution in [1.82, 2.24) is 9.88 Å². The highest BCUT2D eigenvalue weighted by Crippen LogP contribution is 2.40. The summed E-state index contributed by atoms with van der Waals surface area (Å²) >= 11 is 6.32. The molecule has 0 amide bonds. The summed E-state index contributed by atoms with van der Waals surface area (Å²) in [6, 6.07) is 13.5. The Balaban J connectivity index is 1.43. The number of nitrogens with zero attached hydrogens (tertiary/aromatic N) is 1. The number of rotatable bonds is 11. The molecule has 0 bridgehead atoms. The third-order valence-electron chi connectivity index (χ3n) is 8.28. The average molecular weight is 529 g/mol. The van der Waals surface area contributed by atoms with Crippen molar-refractivity contribution in [3.8, 4) is 5.75 Å². The first kappa shape index (κ1) is 26.5. The minimum Gasteiger partial charge on any atom is -0.493 e. The summed E-state index contributed by atoms with van der Waals surface area (Å²) < 4.78 is 11.9. The second-order valence-electron chi connectivity index (χ2n) is 10.6. The van der Waals surface area contributed by atoms with Crippen LogP contribution in [-0.4, -0.2) is 64.6 Å². The van der Waals surface area contributed by atoms with E-state index in [0.717, 1.165) is 41.4 Å². The maximum absolute atomic E-state index is 11.1. The first-order valence-corrected chi connectivity index (χ1v) is 13.6. The lowest BCUT2D eigenvalue weighted by Crippen LogP contribution is -2.45. The molecule has 1 aromatic heterocycles. The highest BCUT2D eigenvalue weighted by Gasteiger charge is 2.36. The standard InChI is InChI=1S/C29H37ClN2O5/c1-2-29(16-33,17-34)18-37-22-9-6-20(7-10-22)27-26-23(24-14-21(30)8-11-25(24)31-26)12-13-32(27)28(35)36-15-19-4-3-5-19/h6-11,14,19,27-28,31,33-35H,2-5,12-13,15-18H2,1H3/t27-,28?/m0/s1. The summed E-state index contributed by atoms with van der Waals surface area (Å²) in [5.41, 5.74) is 3.61. The zero-order chi connectivity index (χ0) is 26.0. The van der Waals surface area contributed by atoms with Gasteiger partial charge in [0.25, 0.3) is 0 Å². The van der Waals surface area contributed by atoms with E-state index in [2.05, 4.69) is 4.98 Å². The van der Waals surface area contributed by atoms with Gasteiger partial charge in [-0.3, -0.25) is 0 Å². The number of aromatic amines is 1. The quantitative estimate of drug-likeness (QED) is 0.271. The Morgan fingerprint density at radius 1 is 1.14 bits per heavy atom. The van der Waals surface area contributed by atoms with E-state index in [-0.39, 0.29) is 25.9 Å². The van der Waals surface area contributed by atoms with E-state index < -0.39 is 11.8 Å². The number of H-pyrrole nitrogens is 1. The van der Waals surface area contributed by atoms with Gasteiger partial charge in [0.05, 0.1) is 37.9 Å². The van der Waals surface area contributed by atoms with Crippen LogP contribution in [0.1, 0.15) is 55.5 Å². The van der Waals surface area contributed by atoms with Crippen molar-refractivity contribution in [2.45, 2.75) is 51.5 Å². The molecule has 200 valence electrons. The van der Waals surface area contributed by atoms with Crippen LogP contribution in [0.25, 0.3) is 10.9 Å². The fourth-order valence-electron chi connectivity index (χ4n) is 5.30. The van der Waals surface area contributed by atoms with E-state index >= 15 is 0 Å². The first-order chi connectivity index (χ1) is 18.0.